The van der Waals surface area contributed by atoms with Crippen molar-refractivity contribution in [3.63, 3.8) is 0 Å². The average Bonchev–Trinajstić information content (AvgIpc) is 0.746. The fourth-order valence-electron chi connectivity index (χ4n) is 9.14. The van der Waals surface area contributed by atoms with Crippen LogP contribution in [0.2, 0.25) is 0 Å². The van der Waals surface area contributed by atoms with E-state index in [0.717, 1.165) is 27.8 Å². The van der Waals surface area contributed by atoms with Crippen molar-refractivity contribution < 1.29 is 95.2 Å². The summed E-state index contributed by atoms with van der Waals surface area (Å²) in [6.07, 6.45) is -3.05. The van der Waals surface area contributed by atoms with Gasteiger partial charge in [-0.2, -0.15) is 0 Å². The van der Waals surface area contributed by atoms with Crippen LogP contribution in [0.3, 0.4) is 0 Å². The molecule has 24 heteroatoms. The molecule has 0 aliphatic rings. The molecule has 24 nitrogen and oxygen atoms in total. The van der Waals surface area contributed by atoms with Gasteiger partial charge in [-0.25, -0.2) is 38.4 Å². The monoisotopic (exact) mass is 1350 g/mol. The van der Waals surface area contributed by atoms with Gasteiger partial charge < -0.3 is 78.1 Å². The Morgan fingerprint density at radius 1 is 0.306 bits per heavy atom. The van der Waals surface area contributed by atoms with Gasteiger partial charge in [0.25, 0.3) is 0 Å². The molecule has 6 aromatic carbocycles. The second kappa shape index (κ2) is 39.3. The number of hydrogen-bond donors (Lipinski definition) is 4. The fourth-order valence-corrected chi connectivity index (χ4v) is 9.14. The molecular formula is C74H82N4O20. The lowest BCUT2D eigenvalue weighted by atomic mass is 9.70. The number of alkyl carbamates (subject to hydrolysis) is 4. The minimum atomic E-state index is -1.06. The predicted molar refractivity (Wildman–Crippen MR) is 364 cm³/mol. The highest BCUT2D eigenvalue weighted by Crippen LogP contribution is 2.47. The Labute approximate surface area is 569 Å². The molecule has 0 saturated heterocycles. The molecule has 0 unspecified atom stereocenters. The molecule has 518 valence electrons. The van der Waals surface area contributed by atoms with Gasteiger partial charge in [0.2, 0.25) is 0 Å². The summed E-state index contributed by atoms with van der Waals surface area (Å²) >= 11 is 0. The SMILES string of the molecule is C=C(C)C(=O)OCCNC(=O)OCCOc1ccccc1-c1cc(C(C)(c2ccc(-c3ccccc3)cc2)c2ccc(OCCOC(=O)NCCOC(=O)C(=C)C)c(-c3ccccc3OCCOC(=O)NCCOC(=O)C(=C)C)c2)ccc1OCCOC(=O)NCCOC(=O)C(=C)C. The zero-order valence-electron chi connectivity index (χ0n) is 55.6. The van der Waals surface area contributed by atoms with Gasteiger partial charge in [-0.05, 0) is 98.8 Å². The van der Waals surface area contributed by atoms with Gasteiger partial charge in [0.1, 0.15) is 102 Å². The second-order valence-corrected chi connectivity index (χ2v) is 21.8. The van der Waals surface area contributed by atoms with E-state index in [9.17, 15) is 38.4 Å². The van der Waals surface area contributed by atoms with Crippen LogP contribution < -0.4 is 40.2 Å². The molecule has 0 bridgehead atoms. The number of carbonyl (C=O) groups is 8. The summed E-state index contributed by atoms with van der Waals surface area (Å²) in [5.41, 5.74) is 6.36. The van der Waals surface area contributed by atoms with Crippen LogP contribution in [-0.4, -0.2) is 154 Å². The Morgan fingerprint density at radius 2 is 0.582 bits per heavy atom. The first-order valence-electron chi connectivity index (χ1n) is 31.2. The molecule has 0 fully saturated rings. The zero-order valence-corrected chi connectivity index (χ0v) is 55.6. The quantitative estimate of drug-likeness (QED) is 0.00920. The lowest BCUT2D eigenvalue weighted by Crippen LogP contribution is -2.30. The van der Waals surface area contributed by atoms with Crippen molar-refractivity contribution in [2.45, 2.75) is 40.0 Å². The summed E-state index contributed by atoms with van der Waals surface area (Å²) in [6.45, 7) is 20.8. The highest BCUT2D eigenvalue weighted by atomic mass is 16.6. The van der Waals surface area contributed by atoms with Crippen molar-refractivity contribution >= 4 is 48.3 Å². The lowest BCUT2D eigenvalue weighted by molar-refractivity contribution is -0.139. The maximum atomic E-state index is 12.7. The maximum absolute atomic E-state index is 12.7. The van der Waals surface area contributed by atoms with Crippen LogP contribution in [0.4, 0.5) is 19.2 Å². The summed E-state index contributed by atoms with van der Waals surface area (Å²) in [4.78, 5) is 98.0. The first-order chi connectivity index (χ1) is 47.2. The number of benzene rings is 6. The summed E-state index contributed by atoms with van der Waals surface area (Å²) in [6, 6.07) is 44.0. The number of para-hydroxylation sites is 2. The predicted octanol–water partition coefficient (Wildman–Crippen LogP) is 10.9. The van der Waals surface area contributed by atoms with Gasteiger partial charge in [0.15, 0.2) is 0 Å². The summed E-state index contributed by atoms with van der Waals surface area (Å²) in [7, 11) is 0. The van der Waals surface area contributed by atoms with E-state index in [1.54, 1.807) is 24.3 Å². The molecule has 0 aromatic heterocycles. The Balaban J connectivity index is 1.39. The molecule has 6 aromatic rings. The van der Waals surface area contributed by atoms with E-state index in [2.05, 4.69) is 66.6 Å². The summed E-state index contributed by atoms with van der Waals surface area (Å²) in [5.74, 6) is -0.848. The molecule has 0 aliphatic carbocycles. The van der Waals surface area contributed by atoms with Crippen LogP contribution in [-0.2, 0) is 62.5 Å². The largest absolute Gasteiger partial charge is 0.489 e. The first kappa shape index (κ1) is 75.5. The molecular weight excluding hydrogens is 1260 g/mol. The van der Waals surface area contributed by atoms with Crippen molar-refractivity contribution in [2.24, 2.45) is 0 Å². The van der Waals surface area contributed by atoms with Gasteiger partial charge >= 0.3 is 48.3 Å². The zero-order chi connectivity index (χ0) is 70.8. The minimum Gasteiger partial charge on any atom is -0.489 e. The van der Waals surface area contributed by atoms with E-state index in [1.165, 1.54) is 27.7 Å². The number of amides is 4. The van der Waals surface area contributed by atoms with Gasteiger partial charge in [-0.1, -0.05) is 129 Å². The third-order valence-corrected chi connectivity index (χ3v) is 14.1. The molecule has 0 heterocycles. The van der Waals surface area contributed by atoms with Gasteiger partial charge in [-0.3, -0.25) is 0 Å². The molecule has 0 spiro atoms. The first-order valence-corrected chi connectivity index (χ1v) is 31.2. The van der Waals surface area contributed by atoms with E-state index >= 15 is 0 Å². The highest BCUT2D eigenvalue weighted by molar-refractivity contribution is 5.88. The van der Waals surface area contributed by atoms with Crippen molar-refractivity contribution in [2.75, 3.05) is 105 Å². The van der Waals surface area contributed by atoms with Crippen LogP contribution in [0, 0.1) is 0 Å². The van der Waals surface area contributed by atoms with E-state index < -0.39 is 53.7 Å². The van der Waals surface area contributed by atoms with Crippen LogP contribution in [0.5, 0.6) is 23.0 Å². The van der Waals surface area contributed by atoms with E-state index in [1.807, 2.05) is 103 Å². The molecule has 6 rings (SSSR count). The second-order valence-electron chi connectivity index (χ2n) is 21.8. The number of ether oxygens (including phenoxy) is 12. The van der Waals surface area contributed by atoms with Gasteiger partial charge in [0.05, 0.1) is 26.2 Å². The van der Waals surface area contributed by atoms with Crippen molar-refractivity contribution in [3.05, 3.63) is 205 Å². The van der Waals surface area contributed by atoms with E-state index in [0.29, 0.717) is 45.3 Å². The van der Waals surface area contributed by atoms with Crippen LogP contribution >= 0.6 is 0 Å². The summed E-state index contributed by atoms with van der Waals surface area (Å²) in [5, 5.41) is 10.1. The molecule has 0 aliphatic heterocycles. The van der Waals surface area contributed by atoms with Crippen LogP contribution in [0.1, 0.15) is 51.3 Å². The van der Waals surface area contributed by atoms with Crippen LogP contribution in [0.25, 0.3) is 33.4 Å². The molecule has 0 radical (unpaired) electrons. The highest BCUT2D eigenvalue weighted by Gasteiger charge is 2.34. The molecule has 4 N–H and O–H groups in total. The van der Waals surface area contributed by atoms with E-state index in [-0.39, 0.29) is 128 Å². The number of esters is 4. The maximum Gasteiger partial charge on any atom is 0.407 e. The van der Waals surface area contributed by atoms with Crippen LogP contribution in [0.15, 0.2) is 188 Å². The Kier molecular flexibility index (Phi) is 30.3. The molecule has 0 saturated carbocycles. The third kappa shape index (κ3) is 24.0. The Bertz CT molecular complexity index is 3580. The molecule has 98 heavy (non-hydrogen) atoms. The third-order valence-electron chi connectivity index (χ3n) is 14.1. The van der Waals surface area contributed by atoms with E-state index in [4.69, 9.17) is 56.8 Å². The number of carbonyl (C=O) groups excluding carboxylic acids is 8. The Hall–Kier alpha value is -11.6. The fraction of sp³-hybridized carbons (Fsp3) is 0.297. The minimum absolute atomic E-state index is 0.00168. The number of nitrogens with one attached hydrogen (secondary N) is 4. The van der Waals surface area contributed by atoms with Crippen molar-refractivity contribution in [1.29, 1.82) is 0 Å². The van der Waals surface area contributed by atoms with Crippen molar-refractivity contribution in [3.8, 4) is 56.4 Å². The molecule has 0 atom stereocenters. The van der Waals surface area contributed by atoms with Gasteiger partial charge in [-0.15, -0.1) is 0 Å². The average molecular weight is 1350 g/mol. The Morgan fingerprint density at radius 3 is 0.898 bits per heavy atom. The standard InChI is InChI=1S/C74H82N4O20/c1-49(2)66(79)91-35-31-75-70(83)95-43-39-87-62-21-15-13-19-58(62)60-47-56(27-29-64(60)89-41-45-97-72(85)77-33-37-93-68(81)51(5)6)74(9,55-25-23-54(24-26-55)53-17-11-10-12-18-53)57-28-30-65(90-42-46-98-73(86)78-34-38-94-69(82)52(7)8)61(48-57)59-20-14-16-22-63(59)88-40-44-96-71(84)76-32-36-92-67(80)50(3)4/h10-30,47-48H,1,3,5,7,31-46H2,2,4,6,8-9H3,(H,75,83)(H,76,84)(H,77,85)(H,78,86). The topological polar surface area (TPSA) is 295 Å². The molecule has 4 amide bonds. The number of hydrogen-bond acceptors (Lipinski definition) is 20. The van der Waals surface area contributed by atoms with Crippen molar-refractivity contribution in [1.82, 2.24) is 21.3 Å². The van der Waals surface area contributed by atoms with Gasteiger partial charge in [0, 0.05) is 50.0 Å². The lowest BCUT2D eigenvalue weighted by Gasteiger charge is -2.34. The smallest absolute Gasteiger partial charge is 0.407 e. The normalized spacial score (nSPS) is 10.6. The number of rotatable bonds is 38. The summed E-state index contributed by atoms with van der Waals surface area (Å²) < 4.78 is 67.5.